The summed E-state index contributed by atoms with van der Waals surface area (Å²) in [6, 6.07) is 0. The van der Waals surface area contributed by atoms with Gasteiger partial charge in [0, 0.05) is 19.6 Å². The van der Waals surface area contributed by atoms with Crippen molar-refractivity contribution in [3.05, 3.63) is 0 Å². The zero-order chi connectivity index (χ0) is 15.9. The van der Waals surface area contributed by atoms with Crippen molar-refractivity contribution in [3.8, 4) is 0 Å². The number of carbonyl (C=O) groups excluding carboxylic acids is 1. The molecule has 0 aromatic carbocycles. The lowest BCUT2D eigenvalue weighted by atomic mass is 9.97. The summed E-state index contributed by atoms with van der Waals surface area (Å²) < 4.78 is 5.60. The van der Waals surface area contributed by atoms with Crippen LogP contribution in [-0.2, 0) is 9.53 Å². The number of β-amino-alcohol motifs (C(OH)–C–C–N with tert-alkyl or cyclic N) is 1. The van der Waals surface area contributed by atoms with Crippen LogP contribution in [0.2, 0.25) is 0 Å². The highest BCUT2D eigenvalue weighted by molar-refractivity contribution is 5.78. The summed E-state index contributed by atoms with van der Waals surface area (Å²) in [5.74, 6) is 0.211. The predicted octanol–water partition coefficient (Wildman–Crippen LogP) is 1.40. The van der Waals surface area contributed by atoms with E-state index < -0.39 is 6.10 Å². The van der Waals surface area contributed by atoms with E-state index in [0.717, 1.165) is 38.9 Å². The van der Waals surface area contributed by atoms with E-state index >= 15 is 0 Å². The number of ether oxygens (including phenoxy) is 1. The molecule has 5 nitrogen and oxygen atoms in total. The summed E-state index contributed by atoms with van der Waals surface area (Å²) in [6.45, 7) is 11.3. The highest BCUT2D eigenvalue weighted by atomic mass is 16.5. The number of likely N-dealkylation sites (tertiary alicyclic amines) is 1. The molecular formula is C16H32N2O3. The van der Waals surface area contributed by atoms with Gasteiger partial charge >= 0.3 is 0 Å². The smallest absolute Gasteiger partial charge is 0.224 e. The molecule has 2 atom stereocenters. The molecule has 21 heavy (non-hydrogen) atoms. The molecule has 0 bridgehead atoms. The molecule has 5 heteroatoms. The Bertz CT molecular complexity index is 315. The average molecular weight is 300 g/mol. The fraction of sp³-hybridized carbons (Fsp3) is 0.938. The largest absolute Gasteiger partial charge is 0.389 e. The quantitative estimate of drug-likeness (QED) is 0.746. The molecule has 0 aliphatic carbocycles. The van der Waals surface area contributed by atoms with Crippen LogP contribution in [0.1, 0.15) is 47.0 Å². The van der Waals surface area contributed by atoms with Crippen molar-refractivity contribution in [2.45, 2.75) is 58.7 Å². The van der Waals surface area contributed by atoms with Gasteiger partial charge in [0.1, 0.15) is 0 Å². The summed E-state index contributed by atoms with van der Waals surface area (Å²) in [4.78, 5) is 14.2. The van der Waals surface area contributed by atoms with Crippen LogP contribution in [0.3, 0.4) is 0 Å². The molecule has 0 spiro atoms. The van der Waals surface area contributed by atoms with Crippen molar-refractivity contribution in [2.24, 2.45) is 5.92 Å². The maximum atomic E-state index is 12.0. The minimum atomic E-state index is -0.498. The van der Waals surface area contributed by atoms with Crippen molar-refractivity contribution < 1.29 is 14.6 Å². The van der Waals surface area contributed by atoms with Crippen molar-refractivity contribution >= 4 is 5.91 Å². The van der Waals surface area contributed by atoms with Crippen LogP contribution < -0.4 is 5.32 Å². The van der Waals surface area contributed by atoms with Crippen molar-refractivity contribution in [2.75, 3.05) is 32.8 Å². The molecule has 0 aromatic rings. The Morgan fingerprint density at radius 2 is 2.19 bits per heavy atom. The summed E-state index contributed by atoms with van der Waals surface area (Å²) in [5.41, 5.74) is -0.231. The molecule has 1 aliphatic heterocycles. The number of aliphatic hydroxyl groups is 1. The lowest BCUT2D eigenvalue weighted by Gasteiger charge is -2.33. The lowest BCUT2D eigenvalue weighted by Crippen LogP contribution is -2.46. The monoisotopic (exact) mass is 300 g/mol. The topological polar surface area (TPSA) is 61.8 Å². The first-order valence-electron chi connectivity index (χ1n) is 8.14. The second-order valence-corrected chi connectivity index (χ2v) is 6.97. The Balaban J connectivity index is 2.33. The van der Waals surface area contributed by atoms with Crippen molar-refractivity contribution in [1.29, 1.82) is 0 Å². The Hall–Kier alpha value is -0.650. The van der Waals surface area contributed by atoms with Gasteiger partial charge < -0.3 is 15.2 Å². The first-order chi connectivity index (χ1) is 9.81. The number of carbonyl (C=O) groups is 1. The second kappa shape index (κ2) is 8.71. The van der Waals surface area contributed by atoms with Gasteiger partial charge in [-0.1, -0.05) is 6.92 Å². The summed E-state index contributed by atoms with van der Waals surface area (Å²) in [5, 5.41) is 13.0. The SMILES string of the molecule is CCCNC(=O)C1CCCN(CC(O)COC(C)(C)C)C1. The highest BCUT2D eigenvalue weighted by Crippen LogP contribution is 2.17. The molecule has 1 aliphatic rings. The summed E-state index contributed by atoms with van der Waals surface area (Å²) in [6.07, 6.45) is 2.42. The lowest BCUT2D eigenvalue weighted by molar-refractivity contribution is -0.127. The molecule has 2 unspecified atom stereocenters. The molecule has 1 fully saturated rings. The van der Waals surface area contributed by atoms with E-state index in [4.69, 9.17) is 4.74 Å². The Kier molecular flexibility index (Phi) is 7.63. The van der Waals surface area contributed by atoms with Gasteiger partial charge in [-0.25, -0.2) is 0 Å². The van der Waals surface area contributed by atoms with E-state index in [1.807, 2.05) is 20.8 Å². The van der Waals surface area contributed by atoms with Crippen LogP contribution in [0.15, 0.2) is 0 Å². The molecule has 1 saturated heterocycles. The van der Waals surface area contributed by atoms with Crippen LogP contribution in [0, 0.1) is 5.92 Å². The minimum Gasteiger partial charge on any atom is -0.389 e. The number of rotatable bonds is 7. The average Bonchev–Trinajstić information content (AvgIpc) is 2.42. The normalized spacial score (nSPS) is 22.0. The van der Waals surface area contributed by atoms with Crippen LogP contribution in [-0.4, -0.2) is 60.4 Å². The van der Waals surface area contributed by atoms with Gasteiger partial charge in [-0.3, -0.25) is 9.69 Å². The minimum absolute atomic E-state index is 0.0565. The molecule has 124 valence electrons. The van der Waals surface area contributed by atoms with E-state index in [2.05, 4.69) is 17.1 Å². The third kappa shape index (κ3) is 7.79. The zero-order valence-corrected chi connectivity index (χ0v) is 14.0. The van der Waals surface area contributed by atoms with Gasteiger partial charge in [0.05, 0.1) is 24.2 Å². The number of hydrogen-bond acceptors (Lipinski definition) is 4. The van der Waals surface area contributed by atoms with E-state index in [-0.39, 0.29) is 17.4 Å². The van der Waals surface area contributed by atoms with Gasteiger partial charge in [-0.05, 0) is 46.6 Å². The Labute approximate surface area is 129 Å². The van der Waals surface area contributed by atoms with E-state index in [9.17, 15) is 9.90 Å². The first-order valence-corrected chi connectivity index (χ1v) is 8.14. The summed E-state index contributed by atoms with van der Waals surface area (Å²) in [7, 11) is 0. The van der Waals surface area contributed by atoms with Crippen LogP contribution in [0.25, 0.3) is 0 Å². The first kappa shape index (κ1) is 18.4. The molecule has 1 rings (SSSR count). The maximum Gasteiger partial charge on any atom is 0.224 e. The van der Waals surface area contributed by atoms with E-state index in [0.29, 0.717) is 13.2 Å². The third-order valence-electron chi connectivity index (χ3n) is 3.60. The molecule has 1 amide bonds. The molecule has 0 aromatic heterocycles. The highest BCUT2D eigenvalue weighted by Gasteiger charge is 2.26. The number of amides is 1. The fourth-order valence-corrected chi connectivity index (χ4v) is 2.52. The maximum absolute atomic E-state index is 12.0. The molecular weight excluding hydrogens is 268 g/mol. The van der Waals surface area contributed by atoms with Gasteiger partial charge in [0.2, 0.25) is 5.91 Å². The van der Waals surface area contributed by atoms with Gasteiger partial charge in [0.25, 0.3) is 0 Å². The van der Waals surface area contributed by atoms with Crippen LogP contribution in [0.4, 0.5) is 0 Å². The van der Waals surface area contributed by atoms with Crippen molar-refractivity contribution in [1.82, 2.24) is 10.2 Å². The molecule has 0 saturated carbocycles. The van der Waals surface area contributed by atoms with Gasteiger partial charge in [0.15, 0.2) is 0 Å². The second-order valence-electron chi connectivity index (χ2n) is 6.97. The number of aliphatic hydroxyl groups excluding tert-OH is 1. The number of nitrogens with zero attached hydrogens (tertiary/aromatic N) is 1. The van der Waals surface area contributed by atoms with Crippen LogP contribution >= 0.6 is 0 Å². The number of hydrogen-bond donors (Lipinski definition) is 2. The number of nitrogens with one attached hydrogen (secondary N) is 1. The predicted molar refractivity (Wildman–Crippen MR) is 84.2 cm³/mol. The Morgan fingerprint density at radius 3 is 2.81 bits per heavy atom. The fourth-order valence-electron chi connectivity index (χ4n) is 2.52. The van der Waals surface area contributed by atoms with E-state index in [1.165, 1.54) is 0 Å². The molecule has 0 radical (unpaired) electrons. The molecule has 1 heterocycles. The van der Waals surface area contributed by atoms with E-state index in [1.54, 1.807) is 0 Å². The summed E-state index contributed by atoms with van der Waals surface area (Å²) >= 11 is 0. The zero-order valence-electron chi connectivity index (χ0n) is 14.0. The third-order valence-corrected chi connectivity index (χ3v) is 3.60. The van der Waals surface area contributed by atoms with Gasteiger partial charge in [-0.2, -0.15) is 0 Å². The number of piperidine rings is 1. The Morgan fingerprint density at radius 1 is 1.48 bits per heavy atom. The van der Waals surface area contributed by atoms with Crippen molar-refractivity contribution in [3.63, 3.8) is 0 Å². The molecule has 2 N–H and O–H groups in total. The van der Waals surface area contributed by atoms with Gasteiger partial charge in [-0.15, -0.1) is 0 Å². The standard InChI is InChI=1S/C16H32N2O3/c1-5-8-17-15(20)13-7-6-9-18(10-13)11-14(19)12-21-16(2,3)4/h13-14,19H,5-12H2,1-4H3,(H,17,20). The van der Waals surface area contributed by atoms with Crippen LogP contribution in [0.5, 0.6) is 0 Å².